The Kier molecular flexibility index (Phi) is 6.15. The van der Waals surface area contributed by atoms with Gasteiger partial charge in [-0.1, -0.05) is 42.5 Å². The van der Waals surface area contributed by atoms with Gasteiger partial charge in [0.1, 0.15) is 11.3 Å². The van der Waals surface area contributed by atoms with E-state index in [2.05, 4.69) is 0 Å². The molecular formula is C26H20F3NO4. The highest BCUT2D eigenvalue weighted by atomic mass is 19.4. The molecule has 0 bridgehead atoms. The molecule has 0 atom stereocenters. The van der Waals surface area contributed by atoms with Crippen molar-refractivity contribution < 1.29 is 27.1 Å². The van der Waals surface area contributed by atoms with Crippen molar-refractivity contribution in [3.8, 4) is 16.9 Å². The largest absolute Gasteiger partial charge is 0.422 e. The van der Waals surface area contributed by atoms with Crippen LogP contribution in [0.5, 0.6) is 5.75 Å². The second kappa shape index (κ2) is 9.05. The van der Waals surface area contributed by atoms with Gasteiger partial charge in [0.15, 0.2) is 0 Å². The average molecular weight is 467 g/mol. The summed E-state index contributed by atoms with van der Waals surface area (Å²) in [5, 5.41) is 0.509. The Labute approximate surface area is 193 Å². The lowest BCUT2D eigenvalue weighted by Gasteiger charge is -2.15. The molecule has 0 unspecified atom stereocenters. The molecule has 0 radical (unpaired) electrons. The van der Waals surface area contributed by atoms with Crippen LogP contribution in [0.4, 0.5) is 18.0 Å². The number of benzene rings is 3. The summed E-state index contributed by atoms with van der Waals surface area (Å²) in [6.45, 7) is 0. The van der Waals surface area contributed by atoms with E-state index in [-0.39, 0.29) is 17.8 Å². The van der Waals surface area contributed by atoms with Gasteiger partial charge in [0.2, 0.25) is 0 Å². The van der Waals surface area contributed by atoms with Gasteiger partial charge in [0, 0.05) is 37.5 Å². The summed E-state index contributed by atoms with van der Waals surface area (Å²) in [6.07, 6.45) is -4.85. The number of amides is 1. The van der Waals surface area contributed by atoms with Crippen molar-refractivity contribution in [2.24, 2.45) is 0 Å². The lowest BCUT2D eigenvalue weighted by atomic mass is 9.93. The van der Waals surface area contributed by atoms with Crippen molar-refractivity contribution >= 4 is 17.1 Å². The second-order valence-electron chi connectivity index (χ2n) is 7.90. The number of nitrogens with zero attached hydrogens (tertiary/aromatic N) is 1. The van der Waals surface area contributed by atoms with Gasteiger partial charge in [-0.25, -0.2) is 9.59 Å². The molecule has 34 heavy (non-hydrogen) atoms. The van der Waals surface area contributed by atoms with Gasteiger partial charge >= 0.3 is 17.9 Å². The minimum absolute atomic E-state index is 0.153. The van der Waals surface area contributed by atoms with Crippen LogP contribution in [0.15, 0.2) is 82.0 Å². The van der Waals surface area contributed by atoms with Crippen LogP contribution >= 0.6 is 0 Å². The van der Waals surface area contributed by atoms with Crippen LogP contribution < -0.4 is 10.4 Å². The average Bonchev–Trinajstić information content (AvgIpc) is 2.80. The Bertz CT molecular complexity index is 1390. The molecule has 3 aromatic carbocycles. The zero-order valence-corrected chi connectivity index (χ0v) is 18.3. The zero-order valence-electron chi connectivity index (χ0n) is 18.3. The van der Waals surface area contributed by atoms with E-state index in [0.29, 0.717) is 22.1 Å². The maximum atomic E-state index is 13.1. The zero-order chi connectivity index (χ0) is 24.5. The van der Waals surface area contributed by atoms with Gasteiger partial charge in [-0.15, -0.1) is 0 Å². The van der Waals surface area contributed by atoms with Crippen LogP contribution in [0.25, 0.3) is 22.1 Å². The van der Waals surface area contributed by atoms with E-state index in [4.69, 9.17) is 9.15 Å². The van der Waals surface area contributed by atoms with E-state index in [9.17, 15) is 22.8 Å². The molecule has 0 saturated carbocycles. The monoisotopic (exact) mass is 467 g/mol. The summed E-state index contributed by atoms with van der Waals surface area (Å²) in [5.74, 6) is 0.170. The van der Waals surface area contributed by atoms with Crippen molar-refractivity contribution in [3.63, 3.8) is 0 Å². The van der Waals surface area contributed by atoms with Gasteiger partial charge in [-0.2, -0.15) is 13.2 Å². The summed E-state index contributed by atoms with van der Waals surface area (Å²) in [6, 6.07) is 18.4. The quantitative estimate of drug-likeness (QED) is 0.339. The topological polar surface area (TPSA) is 59.8 Å². The molecule has 4 rings (SSSR count). The molecule has 5 nitrogen and oxygen atoms in total. The van der Waals surface area contributed by atoms with Gasteiger partial charge < -0.3 is 14.1 Å². The predicted molar refractivity (Wildman–Crippen MR) is 122 cm³/mol. The lowest BCUT2D eigenvalue weighted by molar-refractivity contribution is -0.137. The summed E-state index contributed by atoms with van der Waals surface area (Å²) in [7, 11) is 3.06. The number of alkyl halides is 3. The standard InChI is InChI=1S/C26H20F3NO4/c1-30(2)25(32)33-19-12-13-20-22(15-19)34-24(31)21(14-16-6-4-3-5-7-16)23(20)17-8-10-18(11-9-17)26(27,28)29/h3-13,15H,14H2,1-2H3. The van der Waals surface area contributed by atoms with Crippen molar-refractivity contribution in [2.75, 3.05) is 14.1 Å². The van der Waals surface area contributed by atoms with E-state index in [1.807, 2.05) is 30.3 Å². The van der Waals surface area contributed by atoms with E-state index < -0.39 is 23.5 Å². The fourth-order valence-electron chi connectivity index (χ4n) is 3.59. The van der Waals surface area contributed by atoms with Crippen LogP contribution in [0.3, 0.4) is 0 Å². The maximum Gasteiger partial charge on any atom is 0.416 e. The van der Waals surface area contributed by atoms with E-state index in [1.165, 1.54) is 37.2 Å². The molecule has 0 saturated heterocycles. The van der Waals surface area contributed by atoms with Gasteiger partial charge in [-0.3, -0.25) is 0 Å². The Morgan fingerprint density at radius 2 is 1.65 bits per heavy atom. The summed E-state index contributed by atoms with van der Waals surface area (Å²) in [5.41, 5.74) is 0.814. The SMILES string of the molecule is CN(C)C(=O)Oc1ccc2c(-c3ccc(C(F)(F)F)cc3)c(Cc3ccccc3)c(=O)oc2c1. The molecule has 0 aliphatic heterocycles. The number of carbonyl (C=O) groups excluding carboxylic acids is 1. The molecule has 1 aromatic heterocycles. The Hall–Kier alpha value is -4.07. The minimum Gasteiger partial charge on any atom is -0.422 e. The Balaban J connectivity index is 1.90. The summed E-state index contributed by atoms with van der Waals surface area (Å²) >= 11 is 0. The van der Waals surface area contributed by atoms with Crippen LogP contribution in [0, 0.1) is 0 Å². The third-order valence-corrected chi connectivity index (χ3v) is 5.27. The van der Waals surface area contributed by atoms with Crippen LogP contribution in [-0.2, 0) is 12.6 Å². The number of rotatable bonds is 4. The molecule has 0 aliphatic rings. The van der Waals surface area contributed by atoms with Gasteiger partial charge in [0.05, 0.1) is 11.1 Å². The Morgan fingerprint density at radius 1 is 0.971 bits per heavy atom. The highest BCUT2D eigenvalue weighted by Crippen LogP contribution is 2.36. The molecule has 1 amide bonds. The first-order chi connectivity index (χ1) is 16.1. The maximum absolute atomic E-state index is 13.1. The van der Waals surface area contributed by atoms with Crippen molar-refractivity contribution in [1.82, 2.24) is 4.90 Å². The Morgan fingerprint density at radius 3 is 2.26 bits per heavy atom. The first kappa shape index (κ1) is 23.1. The number of hydrogen-bond donors (Lipinski definition) is 0. The number of ether oxygens (including phenoxy) is 1. The number of fused-ring (bicyclic) bond motifs is 1. The summed E-state index contributed by atoms with van der Waals surface area (Å²) < 4.78 is 50.1. The highest BCUT2D eigenvalue weighted by Gasteiger charge is 2.30. The third kappa shape index (κ3) is 4.80. The van der Waals surface area contributed by atoms with Crippen molar-refractivity contribution in [2.45, 2.75) is 12.6 Å². The molecule has 0 fully saturated rings. The van der Waals surface area contributed by atoms with E-state index in [0.717, 1.165) is 17.7 Å². The summed E-state index contributed by atoms with van der Waals surface area (Å²) in [4.78, 5) is 26.2. The molecule has 0 N–H and O–H groups in total. The molecule has 174 valence electrons. The fraction of sp³-hybridized carbons (Fsp3) is 0.154. The predicted octanol–water partition coefficient (Wildman–Crippen LogP) is 6.13. The van der Waals surface area contributed by atoms with Crippen LogP contribution in [-0.4, -0.2) is 25.1 Å². The van der Waals surface area contributed by atoms with E-state index in [1.54, 1.807) is 12.1 Å². The fourth-order valence-corrected chi connectivity index (χ4v) is 3.59. The lowest BCUT2D eigenvalue weighted by Crippen LogP contribution is -2.25. The molecular weight excluding hydrogens is 447 g/mol. The van der Waals surface area contributed by atoms with E-state index >= 15 is 0 Å². The normalized spacial score (nSPS) is 11.4. The molecule has 8 heteroatoms. The first-order valence-electron chi connectivity index (χ1n) is 10.3. The van der Waals surface area contributed by atoms with Crippen LogP contribution in [0.2, 0.25) is 0 Å². The van der Waals surface area contributed by atoms with Crippen molar-refractivity contribution in [3.05, 3.63) is 99.9 Å². The highest BCUT2D eigenvalue weighted by molar-refractivity contribution is 5.96. The number of carbonyl (C=O) groups is 1. The molecule has 0 spiro atoms. The minimum atomic E-state index is -4.48. The second-order valence-corrected chi connectivity index (χ2v) is 7.90. The smallest absolute Gasteiger partial charge is 0.416 e. The van der Waals surface area contributed by atoms with Gasteiger partial charge in [0.25, 0.3) is 0 Å². The van der Waals surface area contributed by atoms with Gasteiger partial charge in [-0.05, 0) is 35.4 Å². The van der Waals surface area contributed by atoms with Crippen molar-refractivity contribution in [1.29, 1.82) is 0 Å². The molecule has 1 heterocycles. The number of halogens is 3. The van der Waals surface area contributed by atoms with Crippen LogP contribution in [0.1, 0.15) is 16.7 Å². The third-order valence-electron chi connectivity index (χ3n) is 5.27. The molecule has 0 aliphatic carbocycles. The number of hydrogen-bond acceptors (Lipinski definition) is 4. The first-order valence-corrected chi connectivity index (χ1v) is 10.3. The molecule has 4 aromatic rings.